The summed E-state index contributed by atoms with van der Waals surface area (Å²) in [4.78, 5) is 7.37. The fraction of sp³-hybridized carbons (Fsp3) is 0.600. The van der Waals surface area contributed by atoms with Gasteiger partial charge in [-0.25, -0.2) is 9.97 Å². The molecule has 1 N–H and O–H groups in total. The van der Waals surface area contributed by atoms with Gasteiger partial charge in [-0.3, -0.25) is 0 Å². The third-order valence-corrected chi connectivity index (χ3v) is 2.96. The summed E-state index contributed by atoms with van der Waals surface area (Å²) in [6, 6.07) is 0.987. The molecule has 0 fully saturated rings. The SMILES string of the molecule is CCCCSc1cc(C(F)(F)F)nc(NC)n1. The Hall–Kier alpha value is -0.980. The van der Waals surface area contributed by atoms with Gasteiger partial charge in [0.05, 0.1) is 0 Å². The molecule has 17 heavy (non-hydrogen) atoms. The van der Waals surface area contributed by atoms with Gasteiger partial charge in [0.25, 0.3) is 0 Å². The molecule has 1 heterocycles. The number of nitrogens with one attached hydrogen (secondary N) is 1. The monoisotopic (exact) mass is 265 g/mol. The number of hydrogen-bond acceptors (Lipinski definition) is 4. The number of halogens is 3. The molecule has 0 spiro atoms. The number of hydrogen-bond donors (Lipinski definition) is 1. The lowest BCUT2D eigenvalue weighted by Gasteiger charge is -2.09. The first-order chi connectivity index (χ1) is 7.97. The van der Waals surface area contributed by atoms with Gasteiger partial charge in [0, 0.05) is 13.1 Å². The number of anilines is 1. The van der Waals surface area contributed by atoms with Gasteiger partial charge in [-0.2, -0.15) is 13.2 Å². The van der Waals surface area contributed by atoms with Crippen molar-refractivity contribution < 1.29 is 13.2 Å². The van der Waals surface area contributed by atoms with Crippen LogP contribution in [0.4, 0.5) is 19.1 Å². The molecule has 0 bridgehead atoms. The molecule has 1 aromatic heterocycles. The van der Waals surface area contributed by atoms with Crippen LogP contribution >= 0.6 is 11.8 Å². The van der Waals surface area contributed by atoms with E-state index in [4.69, 9.17) is 0 Å². The van der Waals surface area contributed by atoms with Gasteiger partial charge in [-0.1, -0.05) is 13.3 Å². The van der Waals surface area contributed by atoms with E-state index in [1.165, 1.54) is 18.8 Å². The molecule has 0 aliphatic rings. The van der Waals surface area contributed by atoms with Crippen molar-refractivity contribution >= 4 is 17.7 Å². The van der Waals surface area contributed by atoms with Gasteiger partial charge in [-0.15, -0.1) is 11.8 Å². The van der Waals surface area contributed by atoms with Crippen LogP contribution in [0.15, 0.2) is 11.1 Å². The Kier molecular flexibility index (Phi) is 5.04. The summed E-state index contributed by atoms with van der Waals surface area (Å²) in [5.41, 5.74) is -0.907. The number of unbranched alkanes of at least 4 members (excludes halogenated alkanes) is 1. The first-order valence-electron chi connectivity index (χ1n) is 5.24. The maximum Gasteiger partial charge on any atom is 0.433 e. The third kappa shape index (κ3) is 4.41. The van der Waals surface area contributed by atoms with Crippen molar-refractivity contribution in [1.29, 1.82) is 0 Å². The molecule has 0 unspecified atom stereocenters. The highest BCUT2D eigenvalue weighted by molar-refractivity contribution is 7.99. The Morgan fingerprint density at radius 3 is 2.59 bits per heavy atom. The predicted octanol–water partition coefficient (Wildman–Crippen LogP) is 3.43. The maximum absolute atomic E-state index is 12.5. The molecule has 7 heteroatoms. The van der Waals surface area contributed by atoms with Crippen molar-refractivity contribution in [2.24, 2.45) is 0 Å². The Morgan fingerprint density at radius 1 is 1.35 bits per heavy atom. The fourth-order valence-corrected chi connectivity index (χ4v) is 2.07. The molecule has 0 aromatic carbocycles. The smallest absolute Gasteiger partial charge is 0.357 e. The molecule has 0 amide bonds. The maximum atomic E-state index is 12.5. The lowest BCUT2D eigenvalue weighted by Crippen LogP contribution is -2.11. The Balaban J connectivity index is 2.89. The molecule has 0 aliphatic carbocycles. The average Bonchev–Trinajstić information content (AvgIpc) is 2.28. The van der Waals surface area contributed by atoms with Crippen molar-refractivity contribution in [1.82, 2.24) is 9.97 Å². The minimum absolute atomic E-state index is 0.00109. The lowest BCUT2D eigenvalue weighted by atomic mass is 10.4. The second-order valence-electron chi connectivity index (χ2n) is 3.36. The number of rotatable bonds is 5. The molecule has 3 nitrogen and oxygen atoms in total. The van der Waals surface area contributed by atoms with Gasteiger partial charge in [0.1, 0.15) is 5.03 Å². The van der Waals surface area contributed by atoms with Gasteiger partial charge in [0.2, 0.25) is 5.95 Å². The second-order valence-corrected chi connectivity index (χ2v) is 4.48. The van der Waals surface area contributed by atoms with Gasteiger partial charge in [-0.05, 0) is 12.2 Å². The van der Waals surface area contributed by atoms with Gasteiger partial charge < -0.3 is 5.32 Å². The Bertz CT molecular complexity index is 368. The first-order valence-corrected chi connectivity index (χ1v) is 6.22. The zero-order valence-corrected chi connectivity index (χ0v) is 10.5. The summed E-state index contributed by atoms with van der Waals surface area (Å²) in [5.74, 6) is 0.757. The van der Waals surface area contributed by atoms with E-state index in [2.05, 4.69) is 15.3 Å². The highest BCUT2D eigenvalue weighted by Crippen LogP contribution is 2.30. The fourth-order valence-electron chi connectivity index (χ4n) is 1.08. The van der Waals surface area contributed by atoms with E-state index in [9.17, 15) is 13.2 Å². The molecular formula is C10H14F3N3S. The van der Waals surface area contributed by atoms with E-state index in [0.29, 0.717) is 5.03 Å². The number of alkyl halides is 3. The topological polar surface area (TPSA) is 37.8 Å². The number of thioether (sulfide) groups is 1. The molecule has 0 atom stereocenters. The van der Waals surface area contributed by atoms with Crippen LogP contribution in [0, 0.1) is 0 Å². The zero-order chi connectivity index (χ0) is 12.9. The van der Waals surface area contributed by atoms with Crippen molar-refractivity contribution in [2.75, 3.05) is 18.1 Å². The normalized spacial score (nSPS) is 11.6. The molecule has 0 saturated carbocycles. The van der Waals surface area contributed by atoms with Crippen molar-refractivity contribution in [3.05, 3.63) is 11.8 Å². The molecule has 96 valence electrons. The van der Waals surface area contributed by atoms with Crippen LogP contribution in [-0.4, -0.2) is 22.8 Å². The van der Waals surface area contributed by atoms with Crippen LogP contribution in [0.5, 0.6) is 0 Å². The quantitative estimate of drug-likeness (QED) is 0.503. The summed E-state index contributed by atoms with van der Waals surface area (Å²) in [6.45, 7) is 2.03. The van der Waals surface area contributed by atoms with Crippen LogP contribution in [0.2, 0.25) is 0 Å². The molecule has 0 saturated heterocycles. The van der Waals surface area contributed by atoms with E-state index in [-0.39, 0.29) is 5.95 Å². The first kappa shape index (κ1) is 14.1. The lowest BCUT2D eigenvalue weighted by molar-refractivity contribution is -0.141. The molecular weight excluding hydrogens is 251 g/mol. The molecule has 1 aromatic rings. The standard InChI is InChI=1S/C10H14F3N3S/c1-3-4-5-17-8-6-7(10(11,12)13)15-9(14-2)16-8/h6H,3-5H2,1-2H3,(H,14,15,16). The Morgan fingerprint density at radius 2 is 2.06 bits per heavy atom. The average molecular weight is 265 g/mol. The van der Waals surface area contributed by atoms with Crippen LogP contribution < -0.4 is 5.32 Å². The van der Waals surface area contributed by atoms with Crippen molar-refractivity contribution in [3.63, 3.8) is 0 Å². The minimum atomic E-state index is -4.44. The van der Waals surface area contributed by atoms with Gasteiger partial charge in [0.15, 0.2) is 5.69 Å². The van der Waals surface area contributed by atoms with E-state index >= 15 is 0 Å². The van der Waals surface area contributed by atoms with Crippen LogP contribution in [-0.2, 0) is 6.18 Å². The Labute approximate surface area is 102 Å². The van der Waals surface area contributed by atoms with Crippen LogP contribution in [0.1, 0.15) is 25.5 Å². The highest BCUT2D eigenvalue weighted by Gasteiger charge is 2.33. The van der Waals surface area contributed by atoms with E-state index in [1.807, 2.05) is 6.92 Å². The second kappa shape index (κ2) is 6.09. The van der Waals surface area contributed by atoms with Crippen LogP contribution in [0.3, 0.4) is 0 Å². The predicted molar refractivity (Wildman–Crippen MR) is 62.2 cm³/mol. The molecule has 0 radical (unpaired) electrons. The van der Waals surface area contributed by atoms with Crippen LogP contribution in [0.25, 0.3) is 0 Å². The summed E-state index contributed by atoms with van der Waals surface area (Å²) in [5, 5.41) is 2.89. The summed E-state index contributed by atoms with van der Waals surface area (Å²) < 4.78 is 37.6. The highest BCUT2D eigenvalue weighted by atomic mass is 32.2. The van der Waals surface area contributed by atoms with Crippen molar-refractivity contribution in [2.45, 2.75) is 31.0 Å². The summed E-state index contributed by atoms with van der Waals surface area (Å²) >= 11 is 1.31. The summed E-state index contributed by atoms with van der Waals surface area (Å²) in [6.07, 6.45) is -2.48. The third-order valence-electron chi connectivity index (χ3n) is 1.96. The number of aromatic nitrogens is 2. The largest absolute Gasteiger partial charge is 0.433 e. The van der Waals surface area contributed by atoms with E-state index < -0.39 is 11.9 Å². The van der Waals surface area contributed by atoms with Gasteiger partial charge >= 0.3 is 6.18 Å². The zero-order valence-electron chi connectivity index (χ0n) is 9.64. The molecule has 1 rings (SSSR count). The van der Waals surface area contributed by atoms with Crippen molar-refractivity contribution in [3.8, 4) is 0 Å². The summed E-state index contributed by atoms with van der Waals surface area (Å²) in [7, 11) is 1.50. The number of nitrogens with zero attached hydrogens (tertiary/aromatic N) is 2. The van der Waals surface area contributed by atoms with E-state index in [0.717, 1.165) is 24.7 Å². The van der Waals surface area contributed by atoms with E-state index in [1.54, 1.807) is 0 Å². The minimum Gasteiger partial charge on any atom is -0.357 e. The molecule has 0 aliphatic heterocycles.